The van der Waals surface area contributed by atoms with Gasteiger partial charge in [-0.15, -0.1) is 11.3 Å². The first-order valence-corrected chi connectivity index (χ1v) is 11.3. The fourth-order valence-corrected chi connectivity index (χ4v) is 6.05. The van der Waals surface area contributed by atoms with Crippen LogP contribution in [0.3, 0.4) is 0 Å². The molecule has 4 aromatic carbocycles. The van der Waals surface area contributed by atoms with Crippen LogP contribution in [0.15, 0.2) is 104 Å². The van der Waals surface area contributed by atoms with Gasteiger partial charge in [0.25, 0.3) is 0 Å². The first kappa shape index (κ1) is 18.2. The summed E-state index contributed by atoms with van der Waals surface area (Å²) in [5.74, 6) is 0. The molecule has 0 fully saturated rings. The molecule has 0 atom stereocenters. The van der Waals surface area contributed by atoms with Gasteiger partial charge in [0.1, 0.15) is 0 Å². The van der Waals surface area contributed by atoms with Gasteiger partial charge in [0.05, 0.1) is 11.0 Å². The van der Waals surface area contributed by atoms with Crippen molar-refractivity contribution in [1.29, 1.82) is 0 Å². The van der Waals surface area contributed by atoms with Gasteiger partial charge in [0, 0.05) is 42.0 Å². The van der Waals surface area contributed by atoms with Gasteiger partial charge in [-0.25, -0.2) is 0 Å². The van der Waals surface area contributed by atoms with Gasteiger partial charge in [-0.05, 0) is 30.5 Å². The van der Waals surface area contributed by atoms with Gasteiger partial charge in [-0.2, -0.15) is 0 Å². The highest BCUT2D eigenvalue weighted by Gasteiger charge is 2.20. The van der Waals surface area contributed by atoms with Gasteiger partial charge in [-0.3, -0.25) is 0 Å². The highest BCUT2D eigenvalue weighted by atomic mass is 32.1. The van der Waals surface area contributed by atoms with Crippen LogP contribution < -0.4 is 0 Å². The Hall–Kier alpha value is -3.62. The Balaban J connectivity index is 1.92. The average molecular weight is 416 g/mol. The minimum Gasteiger partial charge on any atom is -0.309 e. The molecule has 0 saturated heterocycles. The molecule has 6 aromatic rings. The molecule has 148 valence electrons. The second-order valence-corrected chi connectivity index (χ2v) is 8.85. The summed E-state index contributed by atoms with van der Waals surface area (Å²) in [6.07, 6.45) is 8.23. The molecule has 0 saturated carbocycles. The number of fused-ring (bicyclic) bond motifs is 10. The van der Waals surface area contributed by atoms with Crippen molar-refractivity contribution >= 4 is 69.8 Å². The summed E-state index contributed by atoms with van der Waals surface area (Å²) in [5, 5.41) is 7.87. The molecule has 6 rings (SSSR count). The minimum atomic E-state index is 0.968. The van der Waals surface area contributed by atoms with E-state index >= 15 is 0 Å². The van der Waals surface area contributed by atoms with E-state index in [-0.39, 0.29) is 0 Å². The lowest BCUT2D eigenvalue weighted by Gasteiger charge is -2.10. The zero-order chi connectivity index (χ0) is 20.9. The summed E-state index contributed by atoms with van der Waals surface area (Å²) in [4.78, 5) is 0. The number of benzene rings is 4. The molecule has 31 heavy (non-hydrogen) atoms. The first-order chi connectivity index (χ1) is 15.3. The third-order valence-electron chi connectivity index (χ3n) is 6.03. The topological polar surface area (TPSA) is 4.93 Å². The average Bonchev–Trinajstić information content (AvgIpc) is 3.36. The number of allylic oxidation sites excluding steroid dienone is 5. The van der Waals surface area contributed by atoms with E-state index in [1.165, 1.54) is 52.8 Å². The minimum absolute atomic E-state index is 0.968. The van der Waals surface area contributed by atoms with Crippen molar-refractivity contribution in [3.63, 3.8) is 0 Å². The van der Waals surface area contributed by atoms with Crippen LogP contribution in [-0.4, -0.2) is 4.57 Å². The fourth-order valence-electron chi connectivity index (χ4n) is 4.77. The summed E-state index contributed by atoms with van der Waals surface area (Å²) in [6, 6.07) is 26.3. The number of rotatable bonds is 3. The van der Waals surface area contributed by atoms with Crippen molar-refractivity contribution in [2.45, 2.75) is 6.92 Å². The van der Waals surface area contributed by atoms with Crippen molar-refractivity contribution < 1.29 is 0 Å². The number of aromatic nitrogens is 1. The molecule has 0 aliphatic rings. The molecule has 0 spiro atoms. The predicted octanol–water partition coefficient (Wildman–Crippen LogP) is 8.92. The molecule has 0 amide bonds. The predicted molar refractivity (Wildman–Crippen MR) is 139 cm³/mol. The molecular weight excluding hydrogens is 394 g/mol. The van der Waals surface area contributed by atoms with Gasteiger partial charge in [-0.1, -0.05) is 85.5 Å². The van der Waals surface area contributed by atoms with E-state index in [1.807, 2.05) is 30.4 Å². The molecule has 0 aliphatic carbocycles. The second-order valence-electron chi connectivity index (χ2n) is 7.80. The molecule has 0 N–H and O–H groups in total. The smallest absolute Gasteiger partial charge is 0.0633 e. The molecular formula is C29H21NS. The Morgan fingerprint density at radius 3 is 2.26 bits per heavy atom. The largest absolute Gasteiger partial charge is 0.309 e. The number of para-hydroxylation sites is 1. The van der Waals surface area contributed by atoms with Crippen LogP contribution in [0.5, 0.6) is 0 Å². The maximum Gasteiger partial charge on any atom is 0.0633 e. The summed E-state index contributed by atoms with van der Waals surface area (Å²) in [7, 11) is 0. The van der Waals surface area contributed by atoms with Crippen LogP contribution in [0, 0.1) is 0 Å². The molecule has 0 bridgehead atoms. The van der Waals surface area contributed by atoms with Crippen molar-refractivity contribution in [2.24, 2.45) is 0 Å². The lowest BCUT2D eigenvalue weighted by molar-refractivity contribution is 1.25. The van der Waals surface area contributed by atoms with Gasteiger partial charge >= 0.3 is 0 Å². The van der Waals surface area contributed by atoms with E-state index in [0.717, 1.165) is 5.70 Å². The van der Waals surface area contributed by atoms with Crippen LogP contribution in [0.25, 0.3) is 58.4 Å². The maximum atomic E-state index is 4.44. The third kappa shape index (κ3) is 2.55. The maximum absolute atomic E-state index is 4.44. The zero-order valence-corrected chi connectivity index (χ0v) is 18.1. The Bertz CT molecular complexity index is 1710. The van der Waals surface area contributed by atoms with E-state index in [1.54, 1.807) is 0 Å². The van der Waals surface area contributed by atoms with Crippen LogP contribution >= 0.6 is 11.3 Å². The number of nitrogens with zero attached hydrogens (tertiary/aromatic N) is 1. The number of thiophene rings is 1. The van der Waals surface area contributed by atoms with E-state index < -0.39 is 0 Å². The first-order valence-electron chi connectivity index (χ1n) is 10.5. The van der Waals surface area contributed by atoms with Crippen molar-refractivity contribution in [3.05, 3.63) is 104 Å². The monoisotopic (exact) mass is 415 g/mol. The molecule has 0 unspecified atom stereocenters. The second kappa shape index (κ2) is 6.97. The van der Waals surface area contributed by atoms with Gasteiger partial charge in [0.15, 0.2) is 0 Å². The molecule has 0 radical (unpaired) electrons. The summed E-state index contributed by atoms with van der Waals surface area (Å²) >= 11 is 1.90. The number of hydrogen-bond acceptors (Lipinski definition) is 1. The van der Waals surface area contributed by atoms with Gasteiger partial charge in [0.2, 0.25) is 0 Å². The highest BCUT2D eigenvalue weighted by molar-refractivity contribution is 7.27. The molecule has 2 heterocycles. The van der Waals surface area contributed by atoms with Crippen LogP contribution in [0.4, 0.5) is 0 Å². The van der Waals surface area contributed by atoms with Crippen molar-refractivity contribution in [1.82, 2.24) is 4.57 Å². The summed E-state index contributed by atoms with van der Waals surface area (Å²) < 4.78 is 5.02. The Labute approximate surface area is 184 Å². The van der Waals surface area contributed by atoms with Crippen LogP contribution in [0.1, 0.15) is 6.92 Å². The molecule has 1 nitrogen and oxygen atoms in total. The van der Waals surface area contributed by atoms with Crippen LogP contribution in [0.2, 0.25) is 0 Å². The third-order valence-corrected chi connectivity index (χ3v) is 7.22. The van der Waals surface area contributed by atoms with E-state index in [4.69, 9.17) is 0 Å². The highest BCUT2D eigenvalue weighted by Crippen LogP contribution is 2.47. The Kier molecular flexibility index (Phi) is 4.09. The fraction of sp³-hybridized carbons (Fsp3) is 0.0345. The quantitative estimate of drug-likeness (QED) is 0.254. The van der Waals surface area contributed by atoms with Gasteiger partial charge < -0.3 is 4.57 Å². The summed E-state index contributed by atoms with van der Waals surface area (Å²) in [5.41, 5.74) is 3.41. The van der Waals surface area contributed by atoms with E-state index in [9.17, 15) is 0 Å². The van der Waals surface area contributed by atoms with E-state index in [2.05, 4.69) is 96.1 Å². The van der Waals surface area contributed by atoms with Crippen molar-refractivity contribution in [2.75, 3.05) is 0 Å². The number of hydrogen-bond donors (Lipinski definition) is 0. The summed E-state index contributed by atoms with van der Waals surface area (Å²) in [6.45, 7) is 6.47. The molecule has 2 aromatic heterocycles. The Morgan fingerprint density at radius 1 is 0.774 bits per heavy atom. The SMILES string of the molecule is C=C(/C=C\C=C/C)n1c2ccccc2c2c3sc4ccccc4c3c3ccccc3c21. The lowest BCUT2D eigenvalue weighted by Crippen LogP contribution is -1.93. The lowest BCUT2D eigenvalue weighted by atomic mass is 10.00. The zero-order valence-electron chi connectivity index (χ0n) is 17.3. The molecule has 2 heteroatoms. The molecule has 0 aliphatic heterocycles. The normalized spacial score (nSPS) is 12.5. The van der Waals surface area contributed by atoms with Crippen LogP contribution in [-0.2, 0) is 0 Å². The van der Waals surface area contributed by atoms with E-state index in [0.29, 0.717) is 0 Å². The standard InChI is InChI=1S/C29H21NS/c1-3-4-5-12-19(2)30-24-17-10-8-15-22(24)27-28(30)21-14-7-6-13-20(21)26-23-16-9-11-18-25(23)31-29(26)27/h3-18H,2H2,1H3/b4-3-,12-5-. The Morgan fingerprint density at radius 2 is 1.45 bits per heavy atom. The van der Waals surface area contributed by atoms with Crippen molar-refractivity contribution in [3.8, 4) is 0 Å².